The highest BCUT2D eigenvalue weighted by Gasteiger charge is 2.36. The van der Waals surface area contributed by atoms with Crippen molar-refractivity contribution in [3.05, 3.63) is 0 Å². The monoisotopic (exact) mass is 234 g/mol. The van der Waals surface area contributed by atoms with Crippen molar-refractivity contribution < 1.29 is 4.74 Å². The Morgan fingerprint density at radius 3 is 2.17 bits per heavy atom. The van der Waals surface area contributed by atoms with Crippen molar-refractivity contribution in [1.82, 2.24) is 0 Å². The molecule has 5 atom stereocenters. The molecule has 1 heterocycles. The molecule has 1 rings (SSSR count). The Morgan fingerprint density at radius 2 is 1.67 bits per heavy atom. The zero-order valence-electron chi connectivity index (χ0n) is 8.38. The van der Waals surface area contributed by atoms with Gasteiger partial charge in [-0.2, -0.15) is 0 Å². The normalized spacial score (nSPS) is 49.2. The summed E-state index contributed by atoms with van der Waals surface area (Å²) < 4.78 is 5.85. The molecule has 1 saturated heterocycles. The van der Waals surface area contributed by atoms with Crippen molar-refractivity contribution >= 4 is 15.9 Å². The van der Waals surface area contributed by atoms with Crippen LogP contribution in [0.5, 0.6) is 0 Å². The van der Waals surface area contributed by atoms with Gasteiger partial charge < -0.3 is 4.74 Å². The fourth-order valence-corrected chi connectivity index (χ4v) is 2.70. The largest absolute Gasteiger partial charge is 0.363 e. The van der Waals surface area contributed by atoms with Crippen molar-refractivity contribution in [3.8, 4) is 0 Å². The third-order valence-corrected chi connectivity index (χ3v) is 4.42. The van der Waals surface area contributed by atoms with E-state index < -0.39 is 0 Å². The molecule has 72 valence electrons. The van der Waals surface area contributed by atoms with E-state index in [1.807, 2.05) is 0 Å². The summed E-state index contributed by atoms with van der Waals surface area (Å²) in [6.07, 6.45) is 1.57. The van der Waals surface area contributed by atoms with Crippen molar-refractivity contribution in [1.29, 1.82) is 0 Å². The number of ether oxygens (including phenoxy) is 1. The van der Waals surface area contributed by atoms with E-state index >= 15 is 0 Å². The van der Waals surface area contributed by atoms with Gasteiger partial charge in [0.1, 0.15) is 5.01 Å². The Bertz CT molecular complexity index is 144. The van der Waals surface area contributed by atoms with Gasteiger partial charge in [0.2, 0.25) is 0 Å². The highest BCUT2D eigenvalue weighted by atomic mass is 79.9. The zero-order valence-corrected chi connectivity index (χ0v) is 9.97. The van der Waals surface area contributed by atoms with Gasteiger partial charge in [0.05, 0.1) is 6.10 Å². The van der Waals surface area contributed by atoms with Gasteiger partial charge in [-0.15, -0.1) is 0 Å². The van der Waals surface area contributed by atoms with Crippen LogP contribution in [-0.2, 0) is 4.74 Å². The van der Waals surface area contributed by atoms with Crippen molar-refractivity contribution in [2.75, 3.05) is 0 Å². The molecule has 0 aromatic carbocycles. The van der Waals surface area contributed by atoms with Crippen molar-refractivity contribution in [2.24, 2.45) is 17.8 Å². The number of hydrogen-bond acceptors (Lipinski definition) is 1. The molecule has 0 amide bonds. The van der Waals surface area contributed by atoms with E-state index in [4.69, 9.17) is 4.74 Å². The minimum atomic E-state index is 0.258. The molecule has 0 saturated carbocycles. The van der Waals surface area contributed by atoms with Crippen LogP contribution in [0.1, 0.15) is 34.1 Å². The number of rotatable bonds is 1. The molecular formula is C10H19BrO. The smallest absolute Gasteiger partial charge is 0.115 e. The van der Waals surface area contributed by atoms with Gasteiger partial charge >= 0.3 is 0 Å². The van der Waals surface area contributed by atoms with E-state index in [0.29, 0.717) is 17.9 Å². The quantitative estimate of drug-likeness (QED) is 0.633. The maximum absolute atomic E-state index is 5.85. The predicted molar refractivity (Wildman–Crippen MR) is 55.4 cm³/mol. The standard InChI is InChI=1S/C10H19BrO/c1-5-9-7(3)6(2)8(4)10(11)12-9/h6-10H,5H2,1-4H3/t6-,7+,8+,9+,10-/m0/s1. The molecule has 0 aliphatic carbocycles. The van der Waals surface area contributed by atoms with Gasteiger partial charge in [-0.3, -0.25) is 0 Å². The van der Waals surface area contributed by atoms with Crippen LogP contribution in [0.2, 0.25) is 0 Å². The first-order chi connectivity index (χ1) is 5.57. The first kappa shape index (κ1) is 10.5. The Morgan fingerprint density at radius 1 is 1.08 bits per heavy atom. The van der Waals surface area contributed by atoms with Crippen molar-refractivity contribution in [2.45, 2.75) is 45.2 Å². The summed E-state index contributed by atoms with van der Waals surface area (Å²) in [5.74, 6) is 2.08. The van der Waals surface area contributed by atoms with Crippen LogP contribution in [0.3, 0.4) is 0 Å². The molecule has 1 nitrogen and oxygen atoms in total. The second-order valence-electron chi connectivity index (χ2n) is 4.01. The van der Waals surface area contributed by atoms with E-state index in [0.717, 1.165) is 12.3 Å². The molecule has 12 heavy (non-hydrogen) atoms. The maximum Gasteiger partial charge on any atom is 0.115 e. The average Bonchev–Trinajstić information content (AvgIpc) is 2.08. The van der Waals surface area contributed by atoms with Crippen molar-refractivity contribution in [3.63, 3.8) is 0 Å². The molecule has 2 heteroatoms. The van der Waals surface area contributed by atoms with E-state index in [1.165, 1.54) is 0 Å². The summed E-state index contributed by atoms with van der Waals surface area (Å²) in [5, 5.41) is 0.258. The van der Waals surface area contributed by atoms with Crippen LogP contribution < -0.4 is 0 Å². The van der Waals surface area contributed by atoms with E-state index in [-0.39, 0.29) is 5.01 Å². The third-order valence-electron chi connectivity index (χ3n) is 3.37. The highest BCUT2D eigenvalue weighted by Crippen LogP contribution is 2.38. The summed E-state index contributed by atoms with van der Waals surface area (Å²) in [5.41, 5.74) is 0. The molecule has 0 radical (unpaired) electrons. The SMILES string of the molecule is CC[C@H]1O[C@H](Br)[C@H](C)[C@@H](C)[C@H]1C. The fraction of sp³-hybridized carbons (Fsp3) is 1.00. The highest BCUT2D eigenvalue weighted by molar-refractivity contribution is 9.09. The summed E-state index contributed by atoms with van der Waals surface area (Å²) in [6.45, 7) is 9.08. The molecule has 1 aliphatic heterocycles. The van der Waals surface area contributed by atoms with E-state index in [1.54, 1.807) is 0 Å². The lowest BCUT2D eigenvalue weighted by molar-refractivity contribution is -0.0914. The average molecular weight is 235 g/mol. The van der Waals surface area contributed by atoms with E-state index in [9.17, 15) is 0 Å². The summed E-state index contributed by atoms with van der Waals surface area (Å²) >= 11 is 3.58. The minimum Gasteiger partial charge on any atom is -0.363 e. The maximum atomic E-state index is 5.85. The molecule has 0 N–H and O–H groups in total. The van der Waals surface area contributed by atoms with Gasteiger partial charge in [0, 0.05) is 0 Å². The molecule has 0 unspecified atom stereocenters. The molecule has 1 fully saturated rings. The lowest BCUT2D eigenvalue weighted by Gasteiger charge is -2.41. The first-order valence-corrected chi connectivity index (χ1v) is 5.79. The Balaban J connectivity index is 2.63. The topological polar surface area (TPSA) is 9.23 Å². The van der Waals surface area contributed by atoms with Crippen LogP contribution in [0.4, 0.5) is 0 Å². The Hall–Kier alpha value is 0.440. The molecule has 0 aromatic heterocycles. The van der Waals surface area contributed by atoms with Crippen LogP contribution in [0, 0.1) is 17.8 Å². The van der Waals surface area contributed by atoms with Gasteiger partial charge in [-0.1, -0.05) is 43.6 Å². The van der Waals surface area contributed by atoms with E-state index in [2.05, 4.69) is 43.6 Å². The number of hydrogen-bond donors (Lipinski definition) is 0. The van der Waals surface area contributed by atoms with Crippen LogP contribution in [0.25, 0.3) is 0 Å². The second kappa shape index (κ2) is 4.10. The fourth-order valence-electron chi connectivity index (χ4n) is 1.94. The summed E-state index contributed by atoms with van der Waals surface area (Å²) in [4.78, 5) is 0. The molecule has 0 bridgehead atoms. The minimum absolute atomic E-state index is 0.258. The molecule has 0 aromatic rings. The molecule has 0 spiro atoms. The predicted octanol–water partition coefficient (Wildman–Crippen LogP) is 3.42. The van der Waals surface area contributed by atoms with Gasteiger partial charge in [-0.05, 0) is 24.2 Å². The Kier molecular flexibility index (Phi) is 3.59. The number of alkyl halides is 1. The van der Waals surface area contributed by atoms with Crippen LogP contribution in [-0.4, -0.2) is 11.1 Å². The van der Waals surface area contributed by atoms with Gasteiger partial charge in [-0.25, -0.2) is 0 Å². The third kappa shape index (κ3) is 1.85. The lowest BCUT2D eigenvalue weighted by Crippen LogP contribution is -2.41. The molecular weight excluding hydrogens is 216 g/mol. The Labute approximate surface area is 84.0 Å². The van der Waals surface area contributed by atoms with Gasteiger partial charge in [0.25, 0.3) is 0 Å². The summed E-state index contributed by atoms with van der Waals surface area (Å²) in [6, 6.07) is 0. The van der Waals surface area contributed by atoms with Crippen LogP contribution >= 0.6 is 15.9 Å². The van der Waals surface area contributed by atoms with Gasteiger partial charge in [0.15, 0.2) is 0 Å². The second-order valence-corrected chi connectivity index (χ2v) is 4.91. The lowest BCUT2D eigenvalue weighted by atomic mass is 9.79. The van der Waals surface area contributed by atoms with Crippen LogP contribution in [0.15, 0.2) is 0 Å². The zero-order chi connectivity index (χ0) is 9.30. The number of halogens is 1. The summed E-state index contributed by atoms with van der Waals surface area (Å²) in [7, 11) is 0. The first-order valence-electron chi connectivity index (χ1n) is 4.87. The molecule has 1 aliphatic rings.